The summed E-state index contributed by atoms with van der Waals surface area (Å²) >= 11 is 0. The van der Waals surface area contributed by atoms with Gasteiger partial charge >= 0.3 is 5.79 Å². The van der Waals surface area contributed by atoms with Crippen molar-refractivity contribution in [2.45, 2.75) is 82.1 Å². The van der Waals surface area contributed by atoms with Crippen LogP contribution in [0, 0.1) is 5.92 Å². The number of hydrogen-bond acceptors (Lipinski definition) is 11. The number of amides is 1. The van der Waals surface area contributed by atoms with Crippen LogP contribution in [0.5, 0.6) is 11.5 Å². The zero-order valence-corrected chi connectivity index (χ0v) is 30.6. The van der Waals surface area contributed by atoms with Gasteiger partial charge in [0, 0.05) is 29.2 Å². The lowest BCUT2D eigenvalue weighted by molar-refractivity contribution is -0.191. The molecule has 0 unspecified atom stereocenters. The highest BCUT2D eigenvalue weighted by molar-refractivity contribution is 6.04. The minimum Gasteiger partial charge on any atom is -0.440 e. The molecule has 55 heavy (non-hydrogen) atoms. The molecule has 13 heteroatoms. The van der Waals surface area contributed by atoms with Gasteiger partial charge in [-0.2, -0.15) is 0 Å². The van der Waals surface area contributed by atoms with Gasteiger partial charge in [0.2, 0.25) is 0 Å². The van der Waals surface area contributed by atoms with Gasteiger partial charge in [0.25, 0.3) is 5.91 Å². The first-order chi connectivity index (χ1) is 26.7. The predicted molar refractivity (Wildman–Crippen MR) is 201 cm³/mol. The van der Waals surface area contributed by atoms with E-state index in [1.54, 1.807) is 23.0 Å². The molecular weight excluding hydrogens is 700 g/mol. The largest absolute Gasteiger partial charge is 0.440 e. The van der Waals surface area contributed by atoms with Gasteiger partial charge in [0.1, 0.15) is 30.2 Å². The number of aromatic nitrogens is 4. The topological polar surface area (TPSA) is 162 Å². The molecule has 13 nitrogen and oxygen atoms in total. The maximum Gasteiger partial charge on any atom is 0.305 e. The number of nitrogens with zero attached hydrogens (tertiary/aromatic N) is 4. The first-order valence-electron chi connectivity index (χ1n) is 18.8. The number of benzene rings is 3. The monoisotopic (exact) mass is 742 g/mol. The number of fused-ring (bicyclic) bond motifs is 3. The predicted octanol–water partition coefficient (Wildman–Crippen LogP) is 6.25. The summed E-state index contributed by atoms with van der Waals surface area (Å²) in [6.07, 6.45) is 9.44. The molecule has 5 heterocycles. The van der Waals surface area contributed by atoms with E-state index in [9.17, 15) is 9.59 Å². The fourth-order valence-corrected chi connectivity index (χ4v) is 8.22. The van der Waals surface area contributed by atoms with Crippen molar-refractivity contribution in [1.29, 1.82) is 0 Å². The van der Waals surface area contributed by atoms with Crippen molar-refractivity contribution in [1.82, 2.24) is 24.8 Å². The van der Waals surface area contributed by atoms with E-state index in [1.807, 2.05) is 86.7 Å². The van der Waals surface area contributed by atoms with Crippen molar-refractivity contribution < 1.29 is 33.3 Å². The summed E-state index contributed by atoms with van der Waals surface area (Å²) in [4.78, 5) is 40.9. The molecule has 1 saturated carbocycles. The van der Waals surface area contributed by atoms with E-state index >= 15 is 0 Å². The van der Waals surface area contributed by atoms with Gasteiger partial charge in [-0.1, -0.05) is 92.1 Å². The van der Waals surface area contributed by atoms with E-state index in [4.69, 9.17) is 29.4 Å². The normalized spacial score (nSPS) is 24.0. The van der Waals surface area contributed by atoms with Gasteiger partial charge in [0.15, 0.2) is 40.8 Å². The molecule has 3 fully saturated rings. The summed E-state index contributed by atoms with van der Waals surface area (Å²) in [6.45, 7) is 3.87. The van der Waals surface area contributed by atoms with Crippen molar-refractivity contribution in [3.8, 4) is 11.5 Å². The summed E-state index contributed by atoms with van der Waals surface area (Å²) in [6, 6.07) is 22.6. The average molecular weight is 743 g/mol. The second kappa shape index (κ2) is 13.9. The Kier molecular flexibility index (Phi) is 8.87. The van der Waals surface area contributed by atoms with Crippen molar-refractivity contribution in [3.05, 3.63) is 120 Å². The van der Waals surface area contributed by atoms with Crippen LogP contribution in [0.1, 0.15) is 84.0 Å². The number of nitrogen functional groups attached to an aromatic ring is 1. The van der Waals surface area contributed by atoms with E-state index < -0.39 is 42.0 Å². The van der Waals surface area contributed by atoms with Gasteiger partial charge < -0.3 is 34.7 Å². The van der Waals surface area contributed by atoms with Crippen LogP contribution in [0.4, 0.5) is 5.82 Å². The van der Waals surface area contributed by atoms with Gasteiger partial charge in [-0.05, 0) is 38.8 Å². The van der Waals surface area contributed by atoms with Crippen molar-refractivity contribution in [3.63, 3.8) is 0 Å². The third-order valence-corrected chi connectivity index (χ3v) is 10.8. The molecule has 4 aliphatic rings. The van der Waals surface area contributed by atoms with Gasteiger partial charge in [-0.3, -0.25) is 14.2 Å². The minimum atomic E-state index is -1.37. The summed E-state index contributed by atoms with van der Waals surface area (Å²) < 4.78 is 34.3. The highest BCUT2D eigenvalue weighted by atomic mass is 16.8. The highest BCUT2D eigenvalue weighted by Gasteiger charge is 2.55. The van der Waals surface area contributed by atoms with Crippen molar-refractivity contribution >= 4 is 28.7 Å². The molecule has 0 bridgehead atoms. The summed E-state index contributed by atoms with van der Waals surface area (Å²) in [5, 5.41) is 3.00. The molecule has 0 radical (unpaired) electrons. The fraction of sp³-hybridized carbons (Fsp3) is 0.357. The Morgan fingerprint density at radius 1 is 0.909 bits per heavy atom. The SMILES string of the molecule is CC1(C)O[C@@H]2[C@H](O1)[C@@H](C=CCNC(=O)c1cc(C(=O)C3CCCCC3)cc3c1OC(c1ccccc1)(c1ccccc1)O3)O[C@H]2n1cnc2c(N)ncnc21. The molecule has 1 amide bonds. The Labute approximate surface area is 317 Å². The first kappa shape index (κ1) is 35.1. The molecule has 4 atom stereocenters. The highest BCUT2D eigenvalue weighted by Crippen LogP contribution is 2.50. The standard InChI is InChI=1S/C42H42N6O7/c1-41(2)53-35-30(51-40(36(35)54-41)48-24-47-32-37(43)45-23-46-38(32)48)19-12-20-44-39(50)29-21-26(33(49)25-13-6-3-7-14-25)22-31-34(29)55-42(52-31,27-15-8-4-9-16-27)28-17-10-5-11-18-28/h4-5,8-12,15-19,21-25,30,35-36,40H,3,6-7,13-14,20H2,1-2H3,(H,44,50)(H2,43,45,46)/t30-,35-,36-,40-/m1/s1. The lowest BCUT2D eigenvalue weighted by atomic mass is 9.83. The van der Waals surface area contributed by atoms with Crippen LogP contribution < -0.4 is 20.5 Å². The molecule has 282 valence electrons. The van der Waals surface area contributed by atoms with E-state index in [0.29, 0.717) is 22.5 Å². The Morgan fingerprint density at radius 2 is 1.62 bits per heavy atom. The number of Topliss-reactive ketones (excluding diaryl/α,β-unsaturated/α-hetero) is 1. The number of nitrogens with one attached hydrogen (secondary N) is 1. The Balaban J connectivity index is 0.990. The van der Waals surface area contributed by atoms with Crippen molar-refractivity contribution in [2.75, 3.05) is 12.3 Å². The van der Waals surface area contributed by atoms with Crippen LogP contribution in [0.15, 0.2) is 97.6 Å². The Morgan fingerprint density at radius 3 is 2.35 bits per heavy atom. The molecule has 2 aromatic heterocycles. The van der Waals surface area contributed by atoms with Crippen LogP contribution in [-0.2, 0) is 20.0 Å². The minimum absolute atomic E-state index is 0.0148. The van der Waals surface area contributed by atoms with E-state index in [-0.39, 0.29) is 35.4 Å². The van der Waals surface area contributed by atoms with E-state index in [2.05, 4.69) is 20.3 Å². The molecule has 5 aromatic rings. The van der Waals surface area contributed by atoms with Gasteiger partial charge in [0.05, 0.1) is 11.9 Å². The molecule has 2 saturated heterocycles. The molecule has 3 N–H and O–H groups in total. The Bertz CT molecular complexity index is 2230. The maximum absolute atomic E-state index is 14.2. The summed E-state index contributed by atoms with van der Waals surface area (Å²) in [7, 11) is 0. The number of hydrogen-bond donors (Lipinski definition) is 2. The third-order valence-electron chi connectivity index (χ3n) is 10.8. The molecule has 3 aromatic carbocycles. The number of imidazole rings is 1. The number of ether oxygens (including phenoxy) is 5. The van der Waals surface area contributed by atoms with Crippen LogP contribution in [-0.4, -0.2) is 61.9 Å². The number of carbonyl (C=O) groups excluding carboxylic acids is 2. The number of anilines is 1. The van der Waals surface area contributed by atoms with Crippen LogP contribution in [0.2, 0.25) is 0 Å². The van der Waals surface area contributed by atoms with Gasteiger partial charge in [-0.15, -0.1) is 0 Å². The maximum atomic E-state index is 14.2. The second-order valence-corrected chi connectivity index (χ2v) is 14.9. The van der Waals surface area contributed by atoms with Crippen molar-refractivity contribution in [2.24, 2.45) is 5.92 Å². The number of carbonyl (C=O) groups is 2. The van der Waals surface area contributed by atoms with E-state index in [0.717, 1.165) is 43.2 Å². The zero-order valence-electron chi connectivity index (χ0n) is 30.6. The third kappa shape index (κ3) is 6.31. The molecular formula is C42H42N6O7. The fourth-order valence-electron chi connectivity index (χ4n) is 8.22. The summed E-state index contributed by atoms with van der Waals surface area (Å²) in [5.74, 6) is -1.83. The van der Waals surface area contributed by atoms with Crippen LogP contribution in [0.25, 0.3) is 11.2 Å². The lowest BCUT2D eigenvalue weighted by Crippen LogP contribution is -2.37. The first-order valence-corrected chi connectivity index (χ1v) is 18.8. The quantitative estimate of drug-likeness (QED) is 0.130. The van der Waals surface area contributed by atoms with Crippen LogP contribution >= 0.6 is 0 Å². The number of ketones is 1. The van der Waals surface area contributed by atoms with Gasteiger partial charge in [-0.25, -0.2) is 15.0 Å². The van der Waals surface area contributed by atoms with E-state index in [1.165, 1.54) is 6.33 Å². The van der Waals surface area contributed by atoms with Crippen LogP contribution in [0.3, 0.4) is 0 Å². The molecule has 0 spiro atoms. The second-order valence-electron chi connectivity index (χ2n) is 14.9. The Hall–Kier alpha value is -5.63. The lowest BCUT2D eigenvalue weighted by Gasteiger charge is -2.28. The molecule has 1 aliphatic carbocycles. The smallest absolute Gasteiger partial charge is 0.305 e. The molecule has 3 aliphatic heterocycles. The summed E-state index contributed by atoms with van der Waals surface area (Å²) in [5.41, 5.74) is 9.19. The number of rotatable bonds is 9. The average Bonchev–Trinajstić information content (AvgIpc) is 3.98. The molecule has 9 rings (SSSR count). The number of nitrogens with two attached hydrogens (primary N) is 1. The zero-order chi connectivity index (χ0) is 37.7.